The van der Waals surface area contributed by atoms with Crippen LogP contribution in [0.4, 0.5) is 0 Å². The molecule has 1 saturated heterocycles. The molecule has 624 valence electrons. The van der Waals surface area contributed by atoms with Gasteiger partial charge >= 0.3 is 5.97 Å². The molecule has 1 saturated carbocycles. The molecule has 20 N–H and O–H groups in total. The lowest BCUT2D eigenvalue weighted by atomic mass is 9.83. The fourth-order valence-corrected chi connectivity index (χ4v) is 16.1. The molecule has 8 rings (SSSR count). The van der Waals surface area contributed by atoms with Gasteiger partial charge in [0, 0.05) is 85.5 Å². The number of fused-ring (bicyclic) bond motifs is 4. The first kappa shape index (κ1) is 90.2. The first-order chi connectivity index (χ1) is 54.7. The van der Waals surface area contributed by atoms with E-state index < -0.39 is 179 Å². The number of primary amides is 1. The maximum Gasteiger partial charge on any atom is 0.303 e. The van der Waals surface area contributed by atoms with Gasteiger partial charge in [-0.1, -0.05) is 102 Å². The number of aliphatic hydroxyl groups excluding tert-OH is 2. The Morgan fingerprint density at radius 1 is 0.609 bits per heavy atom. The lowest BCUT2D eigenvalue weighted by Gasteiger charge is -2.34. The van der Waals surface area contributed by atoms with Crippen molar-refractivity contribution in [3.05, 3.63) is 125 Å². The van der Waals surface area contributed by atoms with Crippen molar-refractivity contribution in [2.45, 2.75) is 234 Å². The third-order valence-electron chi connectivity index (χ3n) is 20.4. The van der Waals surface area contributed by atoms with Gasteiger partial charge in [-0.15, -0.1) is 0 Å². The van der Waals surface area contributed by atoms with Crippen molar-refractivity contribution in [2.75, 3.05) is 18.1 Å². The molecule has 5 aromatic rings. The van der Waals surface area contributed by atoms with Gasteiger partial charge in [-0.25, -0.2) is 4.98 Å². The second-order valence-corrected chi connectivity index (χ2v) is 33.0. The summed E-state index contributed by atoms with van der Waals surface area (Å²) in [7, 11) is 0. The van der Waals surface area contributed by atoms with Gasteiger partial charge in [0.1, 0.15) is 83.6 Å². The number of phenols is 2. The normalized spacial score (nSPS) is 25.5. The summed E-state index contributed by atoms with van der Waals surface area (Å²) in [6.07, 6.45) is 0.793. The van der Waals surface area contributed by atoms with Crippen molar-refractivity contribution in [2.24, 2.45) is 22.8 Å². The van der Waals surface area contributed by atoms with Gasteiger partial charge in [0.15, 0.2) is 0 Å². The summed E-state index contributed by atoms with van der Waals surface area (Å²) < 4.78 is 0. The van der Waals surface area contributed by atoms with E-state index in [0.717, 1.165) is 22.4 Å². The number of carboxylic acid groups (broad SMARTS) is 1. The Hall–Kier alpha value is -10.4. The lowest BCUT2D eigenvalue weighted by Crippen LogP contribution is -2.63. The van der Waals surface area contributed by atoms with E-state index in [0.29, 0.717) is 70.7 Å². The minimum absolute atomic E-state index is 0.0280. The van der Waals surface area contributed by atoms with Crippen molar-refractivity contribution in [3.63, 3.8) is 0 Å². The van der Waals surface area contributed by atoms with Gasteiger partial charge in [-0.3, -0.25) is 62.3 Å². The second kappa shape index (κ2) is 42.8. The van der Waals surface area contributed by atoms with Crippen LogP contribution in [0.25, 0.3) is 11.0 Å². The first-order valence-corrected chi connectivity index (χ1v) is 41.1. The minimum atomic E-state index is -1.85. The number of aromatic amines is 1. The van der Waals surface area contributed by atoms with Crippen LogP contribution < -0.4 is 64.6 Å². The summed E-state index contributed by atoms with van der Waals surface area (Å²) in [5.41, 5.74) is 14.9. The molecule has 0 radical (unpaired) electrons. The molecule has 2 aliphatic heterocycles. The van der Waals surface area contributed by atoms with Crippen LogP contribution in [0.5, 0.6) is 11.5 Å². The van der Waals surface area contributed by atoms with E-state index in [4.69, 9.17) is 11.5 Å². The number of thioether (sulfide) groups is 2. The summed E-state index contributed by atoms with van der Waals surface area (Å²) in [6, 6.07) is 4.76. The highest BCUT2D eigenvalue weighted by Crippen LogP contribution is 2.29. The number of nitrogens with one attached hydrogen (secondary N) is 11. The Morgan fingerprint density at radius 2 is 1.15 bits per heavy atom. The first-order valence-electron chi connectivity index (χ1n) is 38.8. The molecule has 115 heavy (non-hydrogen) atoms. The van der Waals surface area contributed by atoms with Gasteiger partial charge in [0.05, 0.1) is 12.2 Å². The molecule has 2 aromatic heterocycles. The molecule has 4 heterocycles. The number of pyridine rings is 1. The number of H-pyrrole nitrogens is 1. The molecule has 12 amide bonds. The smallest absolute Gasteiger partial charge is 0.303 e. The van der Waals surface area contributed by atoms with Crippen molar-refractivity contribution in [1.29, 1.82) is 0 Å². The van der Waals surface area contributed by atoms with Crippen LogP contribution >= 0.6 is 23.5 Å². The fraction of sp³-hybridized carbons (Fsp3) is 0.525. The summed E-state index contributed by atoms with van der Waals surface area (Å²) >= 11 is 2.70. The number of benzene rings is 3. The zero-order chi connectivity index (χ0) is 83.8. The van der Waals surface area contributed by atoms with E-state index in [9.17, 15) is 68.7 Å². The number of nitrogens with zero attached hydrogens (tertiary/aromatic N) is 2. The predicted molar refractivity (Wildman–Crippen MR) is 429 cm³/mol. The Kier molecular flexibility index (Phi) is 33.6. The summed E-state index contributed by atoms with van der Waals surface area (Å²) in [5, 5.41) is 80.3. The van der Waals surface area contributed by atoms with Crippen LogP contribution in [0, 0.1) is 11.3 Å². The fourth-order valence-electron chi connectivity index (χ4n) is 14.2. The Labute approximate surface area is 675 Å². The molecule has 3 aliphatic rings. The maximum absolute atomic E-state index is 15.2. The molecule has 2 bridgehead atoms. The zero-order valence-electron chi connectivity index (χ0n) is 65.4. The summed E-state index contributed by atoms with van der Waals surface area (Å²) in [4.78, 5) is 196. The number of hydrogen-bond donors (Lipinski definition) is 18. The number of aliphatic carboxylic acids is 1. The highest BCUT2D eigenvalue weighted by molar-refractivity contribution is 7.98. The topological polar surface area (TPSA) is 527 Å². The largest absolute Gasteiger partial charge is 0.508 e. The number of carbonyl (C=O) groups excluding carboxylic acids is 12. The number of phenolic OH excluding ortho intramolecular Hbond substituents is 2. The molecular formula is C80H109N15O18S2. The van der Waals surface area contributed by atoms with E-state index in [1.54, 1.807) is 46.0 Å². The van der Waals surface area contributed by atoms with E-state index in [1.165, 1.54) is 92.1 Å². The molecule has 1 aliphatic carbocycles. The standard InChI is InChI=1S/C80H109N15O18S2/c1-7-14-55-70(104)86-56(20-12-21-63(101)102)71(105)87-57(34-45-22-26-52(98)27-23-45)73(107)94-66(49-17-9-8-10-18-49)77(111)93-65(44(3)97)76(110)90-60(68(82)103)42-115-41-48-16-11-15-47(33-48)40-114-32-30-62(100)91-67(80(4,5)6)78(112)89-59(35-46-24-28-53(99)29-25-46)79(113)95-39-51(81)37-61(95)74(108)92-64(43(2)96)75(109)88-58(72(106)85-55)36-50-38-84-69-54(50)19-13-31-83-69/h11,13,15-16,19,22-29,31,33,38,43-44,49,51,55-61,64-67,96-99H,7-10,12,14,17-18,20-21,30,32,34-37,39-42,81H2,1-6H3,(H2,82,103)(H,83,84)(H,85,106)(H,86,104)(H,87,105)(H,88,109)(H,89,112)(H,90,110)(H,91,100)(H,92,108)(H,93,111)(H,94,107)(H,101,102)/t43-,44-,51+,55+,56+,57+,58+,59+,60+,61+,64+,65+,66+,67-/m1/s1. The average Bonchev–Trinajstić information content (AvgIpc) is 1.72. The molecule has 3 aromatic carbocycles. The molecule has 2 fully saturated rings. The van der Waals surface area contributed by atoms with Crippen molar-refractivity contribution in [3.8, 4) is 11.5 Å². The predicted octanol–water partition coefficient (Wildman–Crippen LogP) is 1.28. The number of aromatic nitrogens is 2. The SMILES string of the molecule is CCC[C@@H]1NC(=O)[C@H](Cc2c[nH]c3ncccc23)NC(=O)[C@H]([C@@H](C)O)NC(=O)[C@@H]2C[C@H](N)CN2C(=O)[C@H](Cc2ccc(O)cc2)NC(=O)[C@H](C(C)(C)C)NC(=O)CCSCc2cccc(c2)CSC[C@@H](C(N)=O)NC(=O)[C@H]([C@@H](C)O)NC(=O)[C@H](C2CCCCC2)NC(=O)[C@H](Cc2ccc(O)cc2)NC(=O)[C@H](CCCC(=O)O)NC1=O. The van der Waals surface area contributed by atoms with Crippen LogP contribution in [0.15, 0.2) is 97.3 Å². The monoisotopic (exact) mass is 1630 g/mol. The summed E-state index contributed by atoms with van der Waals surface area (Å²) in [6.45, 7) is 9.09. The van der Waals surface area contributed by atoms with E-state index in [2.05, 4.69) is 63.1 Å². The number of rotatable bonds is 16. The number of nitrogens with two attached hydrogens (primary N) is 2. The average molecular weight is 1630 g/mol. The highest BCUT2D eigenvalue weighted by Gasteiger charge is 2.45. The third-order valence-corrected chi connectivity index (χ3v) is 22.6. The van der Waals surface area contributed by atoms with Crippen molar-refractivity contribution in [1.82, 2.24) is 68.0 Å². The number of aromatic hydroxyl groups is 2. The highest BCUT2D eigenvalue weighted by atomic mass is 32.2. The van der Waals surface area contributed by atoms with Gasteiger partial charge in [0.25, 0.3) is 0 Å². The quantitative estimate of drug-likeness (QED) is 0.0661. The van der Waals surface area contributed by atoms with Gasteiger partial charge in [-0.2, -0.15) is 23.5 Å². The van der Waals surface area contributed by atoms with Crippen LogP contribution in [-0.2, 0) is 93.1 Å². The zero-order valence-corrected chi connectivity index (χ0v) is 67.1. The van der Waals surface area contributed by atoms with Crippen molar-refractivity contribution >= 4 is 111 Å². The number of amides is 12. The second-order valence-electron chi connectivity index (χ2n) is 30.8. The number of carbonyl (C=O) groups is 13. The van der Waals surface area contributed by atoms with Crippen molar-refractivity contribution < 1.29 is 87.9 Å². The molecule has 35 heteroatoms. The Bertz CT molecular complexity index is 4230. The van der Waals surface area contributed by atoms with E-state index >= 15 is 19.2 Å². The number of hydrogen-bond acceptors (Lipinski definition) is 21. The van der Waals surface area contributed by atoms with Crippen LogP contribution in [0.1, 0.15) is 146 Å². The summed E-state index contributed by atoms with van der Waals surface area (Å²) in [5.74, 6) is -11.7. The maximum atomic E-state index is 15.2. The third kappa shape index (κ3) is 26.9. The van der Waals surface area contributed by atoms with Gasteiger partial charge in [-0.05, 0) is 128 Å². The Morgan fingerprint density at radius 3 is 1.74 bits per heavy atom. The van der Waals surface area contributed by atoms with Crippen LogP contribution in [0.2, 0.25) is 0 Å². The van der Waals surface area contributed by atoms with E-state index in [1.807, 2.05) is 24.3 Å². The Balaban J connectivity index is 1.14. The molecule has 0 unspecified atom stereocenters. The van der Waals surface area contributed by atoms with Gasteiger partial charge < -0.3 is 100 Å². The van der Waals surface area contributed by atoms with Crippen LogP contribution in [-0.4, -0.2) is 220 Å². The molecule has 14 atom stereocenters. The number of carboxylic acids is 1. The van der Waals surface area contributed by atoms with E-state index in [-0.39, 0.29) is 81.6 Å². The minimum Gasteiger partial charge on any atom is -0.508 e. The molecule has 33 nitrogen and oxygen atoms in total. The molecule has 0 spiro atoms. The number of aliphatic hydroxyl groups is 2. The molecular weight excluding hydrogens is 1520 g/mol. The van der Waals surface area contributed by atoms with Crippen LogP contribution in [0.3, 0.4) is 0 Å². The van der Waals surface area contributed by atoms with Gasteiger partial charge in [0.2, 0.25) is 70.9 Å². The lowest BCUT2D eigenvalue weighted by molar-refractivity contribution is -0.143.